The first kappa shape index (κ1) is 20.3. The Morgan fingerprint density at radius 1 is 1.10 bits per heavy atom. The van der Waals surface area contributed by atoms with Crippen molar-refractivity contribution in [1.82, 2.24) is 14.8 Å². The van der Waals surface area contributed by atoms with Crippen LogP contribution in [-0.4, -0.2) is 27.7 Å². The summed E-state index contributed by atoms with van der Waals surface area (Å²) in [6.07, 6.45) is 4.38. The zero-order chi connectivity index (χ0) is 21.8. The largest absolute Gasteiger partial charge is 0.497 e. The fourth-order valence-corrected chi connectivity index (χ4v) is 3.40. The standard InChI is InChI=1S/C24H21FN4O2/c1-29-15-21(16-7-4-3-5-8-16)23(28-29)24(30)22(17-11-18(25)14-26-13-17)27-19-9-6-10-20(12-19)31-2/h3-15,22,27H,1-2H3. The first-order chi connectivity index (χ1) is 15.0. The van der Waals surface area contributed by atoms with Gasteiger partial charge in [-0.1, -0.05) is 36.4 Å². The highest BCUT2D eigenvalue weighted by Gasteiger charge is 2.28. The molecule has 0 aliphatic heterocycles. The molecule has 7 heteroatoms. The van der Waals surface area contributed by atoms with Gasteiger partial charge in [-0.2, -0.15) is 5.10 Å². The molecule has 2 aromatic heterocycles. The number of halogens is 1. The van der Waals surface area contributed by atoms with Gasteiger partial charge >= 0.3 is 0 Å². The maximum absolute atomic E-state index is 14.0. The highest BCUT2D eigenvalue weighted by Crippen LogP contribution is 2.30. The van der Waals surface area contributed by atoms with Gasteiger partial charge in [-0.25, -0.2) is 4.39 Å². The Balaban J connectivity index is 1.78. The molecular formula is C24H21FN4O2. The van der Waals surface area contributed by atoms with Crippen LogP contribution in [0.2, 0.25) is 0 Å². The van der Waals surface area contributed by atoms with Gasteiger partial charge in [-0.05, 0) is 23.8 Å². The molecule has 0 radical (unpaired) electrons. The highest BCUT2D eigenvalue weighted by molar-refractivity contribution is 6.05. The number of methoxy groups -OCH3 is 1. The van der Waals surface area contributed by atoms with E-state index in [-0.39, 0.29) is 5.78 Å². The molecule has 31 heavy (non-hydrogen) atoms. The summed E-state index contributed by atoms with van der Waals surface area (Å²) in [6.45, 7) is 0. The number of pyridine rings is 1. The van der Waals surface area contributed by atoms with Crippen molar-refractivity contribution in [1.29, 1.82) is 0 Å². The average Bonchev–Trinajstić information content (AvgIpc) is 3.19. The molecule has 0 saturated heterocycles. The van der Waals surface area contributed by atoms with Gasteiger partial charge in [0, 0.05) is 42.3 Å². The number of carbonyl (C=O) groups is 1. The monoisotopic (exact) mass is 416 g/mol. The van der Waals surface area contributed by atoms with Gasteiger partial charge in [-0.15, -0.1) is 0 Å². The van der Waals surface area contributed by atoms with Crippen LogP contribution in [0, 0.1) is 5.82 Å². The molecular weight excluding hydrogens is 395 g/mol. The Hall–Kier alpha value is -4.00. The van der Waals surface area contributed by atoms with Crippen molar-refractivity contribution in [2.45, 2.75) is 6.04 Å². The van der Waals surface area contributed by atoms with Gasteiger partial charge in [0.15, 0.2) is 0 Å². The molecule has 0 bridgehead atoms. The fourth-order valence-electron chi connectivity index (χ4n) is 3.40. The van der Waals surface area contributed by atoms with Crippen LogP contribution in [0.5, 0.6) is 5.75 Å². The van der Waals surface area contributed by atoms with E-state index in [1.165, 1.54) is 12.3 Å². The molecule has 6 nitrogen and oxygen atoms in total. The van der Waals surface area contributed by atoms with Crippen LogP contribution in [0.25, 0.3) is 11.1 Å². The predicted molar refractivity (Wildman–Crippen MR) is 117 cm³/mol. The minimum absolute atomic E-state index is 0.290. The number of benzene rings is 2. The maximum Gasteiger partial charge on any atom is 0.210 e. The molecule has 1 atom stereocenters. The van der Waals surface area contributed by atoms with Crippen LogP contribution >= 0.6 is 0 Å². The third kappa shape index (κ3) is 4.45. The summed E-state index contributed by atoms with van der Waals surface area (Å²) in [6, 6.07) is 17.1. The topological polar surface area (TPSA) is 69.0 Å². The van der Waals surface area contributed by atoms with E-state index in [1.54, 1.807) is 37.2 Å². The zero-order valence-corrected chi connectivity index (χ0v) is 17.1. The molecule has 0 saturated carbocycles. The van der Waals surface area contributed by atoms with Gasteiger partial charge < -0.3 is 10.1 Å². The normalized spacial score (nSPS) is 11.7. The molecule has 0 aliphatic rings. The third-order valence-corrected chi connectivity index (χ3v) is 4.85. The summed E-state index contributed by atoms with van der Waals surface area (Å²) >= 11 is 0. The van der Waals surface area contributed by atoms with Crippen molar-refractivity contribution in [3.05, 3.63) is 96.3 Å². The van der Waals surface area contributed by atoms with Crippen molar-refractivity contribution in [2.75, 3.05) is 12.4 Å². The van der Waals surface area contributed by atoms with Gasteiger partial charge in [-0.3, -0.25) is 14.5 Å². The Labute approximate surface area is 179 Å². The van der Waals surface area contributed by atoms with E-state index in [4.69, 9.17) is 4.74 Å². The molecule has 2 aromatic carbocycles. The van der Waals surface area contributed by atoms with Gasteiger partial charge in [0.05, 0.1) is 13.3 Å². The molecule has 4 aromatic rings. The summed E-state index contributed by atoms with van der Waals surface area (Å²) in [5, 5.41) is 7.62. The van der Waals surface area contributed by atoms with Gasteiger partial charge in [0.1, 0.15) is 23.3 Å². The van der Waals surface area contributed by atoms with Crippen LogP contribution in [0.4, 0.5) is 10.1 Å². The SMILES string of the molecule is COc1cccc(NC(C(=O)c2nn(C)cc2-c2ccccc2)c2cncc(F)c2)c1. The number of hydrogen-bond donors (Lipinski definition) is 1. The summed E-state index contributed by atoms with van der Waals surface area (Å²) in [7, 11) is 3.33. The van der Waals surface area contributed by atoms with E-state index in [2.05, 4.69) is 15.4 Å². The number of nitrogens with one attached hydrogen (secondary N) is 1. The number of aromatic nitrogens is 3. The number of ketones is 1. The van der Waals surface area contributed by atoms with Crippen LogP contribution in [0.3, 0.4) is 0 Å². The molecule has 4 rings (SSSR count). The Bertz CT molecular complexity index is 1210. The van der Waals surface area contributed by atoms with Crippen molar-refractivity contribution in [3.8, 4) is 16.9 Å². The number of nitrogens with zero attached hydrogens (tertiary/aromatic N) is 3. The smallest absolute Gasteiger partial charge is 0.210 e. The lowest BCUT2D eigenvalue weighted by molar-refractivity contribution is 0.0964. The van der Waals surface area contributed by atoms with Crippen LogP contribution in [0.15, 0.2) is 79.3 Å². The Kier molecular flexibility index (Phi) is 5.75. The summed E-state index contributed by atoms with van der Waals surface area (Å²) < 4.78 is 20.8. The first-order valence-electron chi connectivity index (χ1n) is 9.69. The van der Waals surface area contributed by atoms with Crippen molar-refractivity contribution < 1.29 is 13.9 Å². The van der Waals surface area contributed by atoms with E-state index < -0.39 is 11.9 Å². The summed E-state index contributed by atoms with van der Waals surface area (Å²) in [5.74, 6) is -0.182. The number of rotatable bonds is 7. The summed E-state index contributed by atoms with van der Waals surface area (Å²) in [5.41, 5.74) is 2.92. The Morgan fingerprint density at radius 2 is 1.90 bits per heavy atom. The van der Waals surface area contributed by atoms with E-state index in [9.17, 15) is 9.18 Å². The highest BCUT2D eigenvalue weighted by atomic mass is 19.1. The second-order valence-electron chi connectivity index (χ2n) is 7.04. The Morgan fingerprint density at radius 3 is 2.65 bits per heavy atom. The molecule has 0 amide bonds. The molecule has 2 heterocycles. The second-order valence-corrected chi connectivity index (χ2v) is 7.04. The van der Waals surface area contributed by atoms with Crippen LogP contribution < -0.4 is 10.1 Å². The van der Waals surface area contributed by atoms with Gasteiger partial charge in [0.2, 0.25) is 5.78 Å². The molecule has 156 valence electrons. The zero-order valence-electron chi connectivity index (χ0n) is 17.1. The molecule has 1 unspecified atom stereocenters. The van der Waals surface area contributed by atoms with Crippen molar-refractivity contribution in [3.63, 3.8) is 0 Å². The van der Waals surface area contributed by atoms with Crippen molar-refractivity contribution >= 4 is 11.5 Å². The second kappa shape index (κ2) is 8.79. The van der Waals surface area contributed by atoms with Crippen molar-refractivity contribution in [2.24, 2.45) is 7.05 Å². The van der Waals surface area contributed by atoms with E-state index in [0.29, 0.717) is 28.3 Å². The van der Waals surface area contributed by atoms with Gasteiger partial charge in [0.25, 0.3) is 0 Å². The first-order valence-corrected chi connectivity index (χ1v) is 9.69. The minimum Gasteiger partial charge on any atom is -0.497 e. The lowest BCUT2D eigenvalue weighted by Gasteiger charge is -2.19. The van der Waals surface area contributed by atoms with E-state index >= 15 is 0 Å². The summed E-state index contributed by atoms with van der Waals surface area (Å²) in [4.78, 5) is 17.6. The maximum atomic E-state index is 14.0. The number of carbonyl (C=O) groups excluding carboxylic acids is 1. The minimum atomic E-state index is -0.896. The van der Waals surface area contributed by atoms with Crippen LogP contribution in [0.1, 0.15) is 22.1 Å². The molecule has 0 fully saturated rings. The fraction of sp³-hybridized carbons (Fsp3) is 0.125. The number of hydrogen-bond acceptors (Lipinski definition) is 5. The lowest BCUT2D eigenvalue weighted by Crippen LogP contribution is -2.23. The van der Waals surface area contributed by atoms with E-state index in [1.807, 2.05) is 42.5 Å². The molecule has 0 spiro atoms. The number of ether oxygens (including phenoxy) is 1. The quantitative estimate of drug-likeness (QED) is 0.444. The van der Waals surface area contributed by atoms with E-state index in [0.717, 1.165) is 11.8 Å². The molecule has 1 N–H and O–H groups in total. The third-order valence-electron chi connectivity index (χ3n) is 4.85. The number of anilines is 1. The molecule has 0 aliphatic carbocycles. The number of Topliss-reactive ketones (excluding diaryl/α,β-unsaturated/α-hetero) is 1. The number of aryl methyl sites for hydroxylation is 1. The lowest BCUT2D eigenvalue weighted by atomic mass is 9.97. The average molecular weight is 416 g/mol. The predicted octanol–water partition coefficient (Wildman–Crippen LogP) is 4.67. The van der Waals surface area contributed by atoms with Crippen LogP contribution in [-0.2, 0) is 7.05 Å².